The summed E-state index contributed by atoms with van der Waals surface area (Å²) in [5.74, 6) is 4.09. The second-order valence-electron chi connectivity index (χ2n) is 13.4. The molecule has 45 heavy (non-hydrogen) atoms. The van der Waals surface area contributed by atoms with Gasteiger partial charge in [0, 0.05) is 16.7 Å². The van der Waals surface area contributed by atoms with E-state index in [1.54, 1.807) is 6.07 Å². The molecule has 2 bridgehead atoms. The molecule has 0 amide bonds. The van der Waals surface area contributed by atoms with Crippen molar-refractivity contribution in [2.75, 3.05) is 0 Å². The van der Waals surface area contributed by atoms with E-state index in [4.69, 9.17) is 15.0 Å². The van der Waals surface area contributed by atoms with Gasteiger partial charge in [0.1, 0.15) is 0 Å². The number of hydrogen-bond donors (Lipinski definition) is 0. The molecule has 0 saturated heterocycles. The molecule has 0 radical (unpaired) electrons. The van der Waals surface area contributed by atoms with E-state index >= 15 is 0 Å². The molecule has 5 nitrogen and oxygen atoms in total. The zero-order valence-corrected chi connectivity index (χ0v) is 25.7. The van der Waals surface area contributed by atoms with E-state index < -0.39 is 0 Å². The van der Waals surface area contributed by atoms with Crippen LogP contribution in [0.1, 0.15) is 62.6 Å². The minimum Gasteiger partial charge on any atom is -0.208 e. The Morgan fingerprint density at radius 1 is 0.578 bits per heavy atom. The average Bonchev–Trinajstić information content (AvgIpc) is 3.07. The fourth-order valence-electron chi connectivity index (χ4n) is 7.96. The lowest BCUT2D eigenvalue weighted by Crippen LogP contribution is -2.38. The van der Waals surface area contributed by atoms with Crippen molar-refractivity contribution in [1.29, 1.82) is 10.5 Å². The standard InChI is InChI=1S/C40H35N5/c1-26-13-27-15-28(14-26)23-40(2,22-27)36-20-34(33-17-29(24-41)16-30(18-33)25-42)19-35(21-36)39-44-37(31-9-5-3-6-10-31)43-38(45-39)32-11-7-4-8-12-32/h3-12,16-21,26-28H,13-15,22-23H2,1-2H3/t26-,27+,28-,40?. The van der Waals surface area contributed by atoms with Crippen LogP contribution in [0.3, 0.4) is 0 Å². The molecule has 2 saturated carbocycles. The lowest BCUT2D eigenvalue weighted by atomic mass is 9.57. The van der Waals surface area contributed by atoms with Gasteiger partial charge in [0.2, 0.25) is 0 Å². The summed E-state index contributed by atoms with van der Waals surface area (Å²) in [4.78, 5) is 15.0. The first-order chi connectivity index (χ1) is 21.9. The fourth-order valence-corrected chi connectivity index (χ4v) is 7.96. The summed E-state index contributed by atoms with van der Waals surface area (Å²) in [6, 6.07) is 36.6. The summed E-state index contributed by atoms with van der Waals surface area (Å²) in [5.41, 5.74) is 6.79. The number of rotatable bonds is 5. The number of fused-ring (bicyclic) bond motifs is 2. The molecule has 0 N–H and O–H groups in total. The minimum absolute atomic E-state index is 0.000924. The zero-order valence-electron chi connectivity index (χ0n) is 25.7. The van der Waals surface area contributed by atoms with Crippen LogP contribution in [-0.2, 0) is 5.41 Å². The largest absolute Gasteiger partial charge is 0.208 e. The molecule has 7 rings (SSSR count). The third-order valence-electron chi connectivity index (χ3n) is 9.73. The van der Waals surface area contributed by atoms with Crippen molar-refractivity contribution in [3.05, 3.63) is 114 Å². The molecule has 1 aromatic heterocycles. The average molecular weight is 586 g/mol. The van der Waals surface area contributed by atoms with Crippen molar-refractivity contribution in [3.63, 3.8) is 0 Å². The molecule has 0 spiro atoms. The van der Waals surface area contributed by atoms with Crippen molar-refractivity contribution >= 4 is 0 Å². The van der Waals surface area contributed by atoms with E-state index in [1.165, 1.54) is 24.8 Å². The Labute approximate surface area is 265 Å². The topological polar surface area (TPSA) is 86.2 Å². The molecule has 0 aliphatic heterocycles. The van der Waals surface area contributed by atoms with E-state index in [0.717, 1.165) is 58.4 Å². The van der Waals surface area contributed by atoms with Gasteiger partial charge in [0.15, 0.2) is 17.5 Å². The molecule has 4 aromatic carbocycles. The van der Waals surface area contributed by atoms with Gasteiger partial charge in [-0.05, 0) is 102 Å². The predicted octanol–water partition coefficient (Wildman–Crippen LogP) is 9.39. The van der Waals surface area contributed by atoms with Gasteiger partial charge in [-0.1, -0.05) is 80.6 Å². The van der Waals surface area contributed by atoms with Crippen molar-refractivity contribution in [1.82, 2.24) is 15.0 Å². The summed E-state index contributed by atoms with van der Waals surface area (Å²) in [6.45, 7) is 4.83. The zero-order chi connectivity index (χ0) is 31.0. The first-order valence-electron chi connectivity index (χ1n) is 15.9. The molecule has 2 aliphatic rings. The lowest BCUT2D eigenvalue weighted by molar-refractivity contribution is 0.0899. The van der Waals surface area contributed by atoms with E-state index in [0.29, 0.717) is 28.6 Å². The van der Waals surface area contributed by atoms with Crippen LogP contribution in [-0.4, -0.2) is 15.0 Å². The van der Waals surface area contributed by atoms with Gasteiger partial charge in [-0.25, -0.2) is 15.0 Å². The second kappa shape index (κ2) is 11.8. The highest BCUT2D eigenvalue weighted by molar-refractivity contribution is 5.75. The molecule has 5 aromatic rings. The van der Waals surface area contributed by atoms with Gasteiger partial charge in [0.25, 0.3) is 0 Å². The fraction of sp³-hybridized carbons (Fsp3) is 0.275. The minimum atomic E-state index is 0.000924. The van der Waals surface area contributed by atoms with E-state index in [-0.39, 0.29) is 5.41 Å². The molecule has 2 aliphatic carbocycles. The predicted molar refractivity (Wildman–Crippen MR) is 178 cm³/mol. The van der Waals surface area contributed by atoms with Crippen molar-refractivity contribution in [2.24, 2.45) is 17.8 Å². The van der Waals surface area contributed by atoms with Crippen molar-refractivity contribution in [3.8, 4) is 57.4 Å². The Kier molecular flexibility index (Phi) is 7.48. The first-order valence-corrected chi connectivity index (χ1v) is 15.9. The van der Waals surface area contributed by atoms with Crippen LogP contribution in [0.4, 0.5) is 0 Å². The molecule has 5 heteroatoms. The maximum absolute atomic E-state index is 9.77. The number of aromatic nitrogens is 3. The third-order valence-corrected chi connectivity index (χ3v) is 9.73. The SMILES string of the molecule is C[C@H]1C[C@@H]2C[C@H](C1)CC(C)(c1cc(-c3cc(C#N)cc(C#N)c3)cc(-c3nc(-c4ccccc4)nc(-c4ccccc4)n3)c1)C2. The van der Waals surface area contributed by atoms with Gasteiger partial charge in [-0.3, -0.25) is 0 Å². The molecule has 2 fully saturated rings. The monoisotopic (exact) mass is 585 g/mol. The summed E-state index contributed by atoms with van der Waals surface area (Å²) < 4.78 is 0. The summed E-state index contributed by atoms with van der Waals surface area (Å²) in [5, 5.41) is 19.5. The molecule has 220 valence electrons. The van der Waals surface area contributed by atoms with Crippen LogP contribution < -0.4 is 0 Å². The maximum atomic E-state index is 9.77. The number of nitriles is 2. The first kappa shape index (κ1) is 28.6. The van der Waals surface area contributed by atoms with E-state index in [1.807, 2.05) is 72.8 Å². The Morgan fingerprint density at radius 3 is 1.56 bits per heavy atom. The Hall–Kier alpha value is -5.13. The van der Waals surface area contributed by atoms with Crippen LogP contribution in [0.5, 0.6) is 0 Å². The highest BCUT2D eigenvalue weighted by Gasteiger charge is 2.42. The van der Waals surface area contributed by atoms with Gasteiger partial charge in [0.05, 0.1) is 23.3 Å². The second-order valence-corrected chi connectivity index (χ2v) is 13.4. The van der Waals surface area contributed by atoms with Crippen LogP contribution in [0.2, 0.25) is 0 Å². The van der Waals surface area contributed by atoms with Crippen LogP contribution >= 0.6 is 0 Å². The van der Waals surface area contributed by atoms with E-state index in [2.05, 4.69) is 44.2 Å². The van der Waals surface area contributed by atoms with Crippen LogP contribution in [0.15, 0.2) is 97.1 Å². The third kappa shape index (κ3) is 5.87. The van der Waals surface area contributed by atoms with Crippen LogP contribution in [0.25, 0.3) is 45.3 Å². The molecular formula is C40H35N5. The summed E-state index contributed by atoms with van der Waals surface area (Å²) in [7, 11) is 0. The normalized spacial score (nSPS) is 22.3. The highest BCUT2D eigenvalue weighted by Crippen LogP contribution is 2.52. The Balaban J connectivity index is 1.44. The van der Waals surface area contributed by atoms with Crippen LogP contribution in [0, 0.1) is 40.4 Å². The quantitative estimate of drug-likeness (QED) is 0.205. The smallest absolute Gasteiger partial charge is 0.164 e. The van der Waals surface area contributed by atoms with Gasteiger partial charge in [-0.2, -0.15) is 10.5 Å². The van der Waals surface area contributed by atoms with Crippen molar-refractivity contribution < 1.29 is 0 Å². The number of hydrogen-bond acceptors (Lipinski definition) is 5. The van der Waals surface area contributed by atoms with Crippen molar-refractivity contribution in [2.45, 2.75) is 51.4 Å². The van der Waals surface area contributed by atoms with Gasteiger partial charge >= 0.3 is 0 Å². The van der Waals surface area contributed by atoms with Gasteiger partial charge in [-0.15, -0.1) is 0 Å². The number of nitrogens with zero attached hydrogens (tertiary/aromatic N) is 5. The van der Waals surface area contributed by atoms with Gasteiger partial charge < -0.3 is 0 Å². The number of benzene rings is 4. The van der Waals surface area contributed by atoms with E-state index in [9.17, 15) is 10.5 Å². The highest BCUT2D eigenvalue weighted by atomic mass is 15.0. The lowest BCUT2D eigenvalue weighted by Gasteiger charge is -2.47. The molecule has 4 atom stereocenters. The molecule has 1 unspecified atom stereocenters. The Morgan fingerprint density at radius 2 is 1.04 bits per heavy atom. The maximum Gasteiger partial charge on any atom is 0.164 e. The Bertz CT molecular complexity index is 1840. The summed E-state index contributed by atoms with van der Waals surface area (Å²) >= 11 is 0. The molecular weight excluding hydrogens is 550 g/mol. The summed E-state index contributed by atoms with van der Waals surface area (Å²) in [6.07, 6.45) is 6.22. The molecule has 1 heterocycles.